The van der Waals surface area contributed by atoms with Gasteiger partial charge in [0.25, 0.3) is 0 Å². The summed E-state index contributed by atoms with van der Waals surface area (Å²) in [5, 5.41) is 45.4. The quantitative estimate of drug-likeness (QED) is 0.0335. The van der Waals surface area contributed by atoms with Gasteiger partial charge in [-0.3, -0.25) is 0 Å². The van der Waals surface area contributed by atoms with Crippen LogP contribution in [0.5, 0.6) is 0 Å². The third kappa shape index (κ3) is 27.2. The van der Waals surface area contributed by atoms with E-state index in [4.69, 9.17) is 19.7 Å². The van der Waals surface area contributed by atoms with Crippen LogP contribution in [0.3, 0.4) is 0 Å². The Morgan fingerprint density at radius 2 is 0.515 bits per heavy atom. The van der Waals surface area contributed by atoms with E-state index in [1.54, 1.807) is 0 Å². The number of rotatable bonds is 40. The second-order valence-electron chi connectivity index (χ2n) is 12.5. The van der Waals surface area contributed by atoms with Gasteiger partial charge >= 0.3 is 61.5 Å². The third-order valence-electron chi connectivity index (χ3n) is 6.10. The van der Waals surface area contributed by atoms with Crippen molar-refractivity contribution in [2.75, 3.05) is 92.5 Å². The molecular weight excluding hydrogens is 1000 g/mol. The number of halogens is 20. The first kappa shape index (κ1) is 63.9. The van der Waals surface area contributed by atoms with Crippen LogP contribution in [-0.4, -0.2) is 198 Å². The predicted molar refractivity (Wildman–Crippen MR) is 162 cm³/mol. The van der Waals surface area contributed by atoms with Crippen molar-refractivity contribution >= 4 is 0 Å². The molecular formula is C29H40F20O17. The zero-order valence-electron chi connectivity index (χ0n) is 32.7. The van der Waals surface area contributed by atoms with E-state index in [1.807, 2.05) is 0 Å². The van der Waals surface area contributed by atoms with Crippen molar-refractivity contribution in [2.24, 2.45) is 0 Å². The summed E-state index contributed by atoms with van der Waals surface area (Å²) in [6.07, 6.45) is -68.7. The molecule has 17 nitrogen and oxygen atoms in total. The molecule has 0 spiro atoms. The van der Waals surface area contributed by atoms with E-state index in [9.17, 15) is 103 Å². The molecule has 0 aliphatic heterocycles. The maximum Gasteiger partial charge on any atom is 0.495 e. The van der Waals surface area contributed by atoms with E-state index in [2.05, 4.69) is 47.4 Å². The van der Waals surface area contributed by atoms with Crippen LogP contribution in [0.1, 0.15) is 12.8 Å². The molecule has 0 aromatic rings. The Morgan fingerprint density at radius 3 is 0.758 bits per heavy atom. The van der Waals surface area contributed by atoms with Crippen molar-refractivity contribution < 1.29 is 170 Å². The first-order valence-corrected chi connectivity index (χ1v) is 17.5. The Morgan fingerprint density at radius 1 is 0.303 bits per heavy atom. The van der Waals surface area contributed by atoms with Crippen LogP contribution in [0.15, 0.2) is 0 Å². The van der Waals surface area contributed by atoms with Crippen molar-refractivity contribution in [1.29, 1.82) is 0 Å². The van der Waals surface area contributed by atoms with Gasteiger partial charge in [-0.15, -0.1) is 17.6 Å². The highest BCUT2D eigenvalue weighted by atomic mass is 19.4. The fourth-order valence-electron chi connectivity index (χ4n) is 3.59. The molecule has 0 bridgehead atoms. The SMILES string of the molecule is OCCCOCC(O)COCC(F)(F)OC(F)(F)OC(F)(F)C(F)(F)OC(F)(F)COCC(O)COCC(F)(F)OC(F)(F)OC(F)(F)C(F)(F)OC(F)(F)COCC(O)COCCCO. The number of aliphatic hydroxyl groups excluding tert-OH is 5. The Hall–Kier alpha value is -2.08. The minimum atomic E-state index is -6.97. The van der Waals surface area contributed by atoms with Crippen LogP contribution in [0, 0.1) is 0 Å². The van der Waals surface area contributed by atoms with Gasteiger partial charge in [0.05, 0.1) is 39.6 Å². The van der Waals surface area contributed by atoms with Gasteiger partial charge in [-0.05, 0) is 12.8 Å². The molecule has 0 radical (unpaired) electrons. The first-order chi connectivity index (χ1) is 29.8. The zero-order chi connectivity index (χ0) is 51.5. The largest absolute Gasteiger partial charge is 0.495 e. The van der Waals surface area contributed by atoms with Crippen LogP contribution in [0.4, 0.5) is 87.8 Å². The van der Waals surface area contributed by atoms with Crippen LogP contribution in [0.25, 0.3) is 0 Å². The Balaban J connectivity index is 5.03. The number of hydrogen-bond acceptors (Lipinski definition) is 17. The lowest BCUT2D eigenvalue weighted by molar-refractivity contribution is -0.567. The average Bonchev–Trinajstić information content (AvgIpc) is 3.08. The molecule has 3 atom stereocenters. The predicted octanol–water partition coefficient (Wildman–Crippen LogP) is 3.88. The summed E-state index contributed by atoms with van der Waals surface area (Å²) >= 11 is 0. The summed E-state index contributed by atoms with van der Waals surface area (Å²) in [5.41, 5.74) is 0. The average molecular weight is 1040 g/mol. The molecule has 0 amide bonds. The highest BCUT2D eigenvalue weighted by Crippen LogP contribution is 2.46. The fraction of sp³-hybridized carbons (Fsp3) is 1.00. The summed E-state index contributed by atoms with van der Waals surface area (Å²) in [4.78, 5) is 0. The molecule has 0 saturated carbocycles. The molecule has 398 valence electrons. The molecule has 3 unspecified atom stereocenters. The van der Waals surface area contributed by atoms with Crippen LogP contribution < -0.4 is 0 Å². The van der Waals surface area contributed by atoms with E-state index in [0.29, 0.717) is 0 Å². The van der Waals surface area contributed by atoms with Gasteiger partial charge in [0.15, 0.2) is 0 Å². The van der Waals surface area contributed by atoms with E-state index < -0.39 is 146 Å². The minimum absolute atomic E-state index is 0.0691. The third-order valence-corrected chi connectivity index (χ3v) is 6.10. The van der Waals surface area contributed by atoms with Gasteiger partial charge in [-0.2, -0.15) is 70.2 Å². The molecule has 0 aliphatic rings. The van der Waals surface area contributed by atoms with Crippen molar-refractivity contribution in [3.63, 3.8) is 0 Å². The Kier molecular flexibility index (Phi) is 25.9. The van der Waals surface area contributed by atoms with Gasteiger partial charge in [0.1, 0.15) is 44.7 Å². The Labute approximate surface area is 356 Å². The Bertz CT molecular complexity index is 1340. The van der Waals surface area contributed by atoms with Gasteiger partial charge in [0, 0.05) is 26.4 Å². The molecule has 0 heterocycles. The maximum absolute atomic E-state index is 13.8. The first-order valence-electron chi connectivity index (χ1n) is 17.5. The second kappa shape index (κ2) is 26.8. The number of aliphatic hydroxyl groups is 5. The summed E-state index contributed by atoms with van der Waals surface area (Å²) < 4.78 is 314. The van der Waals surface area contributed by atoms with Gasteiger partial charge in [-0.25, -0.2) is 28.4 Å². The zero-order valence-corrected chi connectivity index (χ0v) is 32.7. The molecule has 0 aromatic heterocycles. The lowest BCUT2D eigenvalue weighted by Gasteiger charge is -2.32. The van der Waals surface area contributed by atoms with Crippen molar-refractivity contribution in [3.05, 3.63) is 0 Å². The van der Waals surface area contributed by atoms with Crippen molar-refractivity contribution in [2.45, 2.75) is 92.6 Å². The minimum Gasteiger partial charge on any atom is -0.396 e. The summed E-state index contributed by atoms with van der Waals surface area (Å²) in [5.74, 6) is 0. The summed E-state index contributed by atoms with van der Waals surface area (Å²) in [6, 6.07) is 0. The topological polar surface area (TPSA) is 212 Å². The molecule has 66 heavy (non-hydrogen) atoms. The molecule has 37 heteroatoms. The van der Waals surface area contributed by atoms with Gasteiger partial charge in [0.2, 0.25) is 0 Å². The highest BCUT2D eigenvalue weighted by molar-refractivity contribution is 4.73. The van der Waals surface area contributed by atoms with E-state index >= 15 is 0 Å². The van der Waals surface area contributed by atoms with Crippen molar-refractivity contribution in [1.82, 2.24) is 0 Å². The molecule has 0 aliphatic carbocycles. The molecule has 0 rings (SSSR count). The lowest BCUT2D eigenvalue weighted by atomic mass is 10.4. The standard InChI is InChI=1S/C29H40F20O17/c30-20(31,13-57-9-17(52)7-55-5-1-3-50)61-24(38,39)26(42,43)66-29(48,49)64-23(36,37)16-60-12-19(54)11-58-14-21(32,33)62-25(40,41)27(44,45)65-28(46,47)63-22(34,35)15-59-10-18(53)8-56-6-2-4-51/h17-19,50-54H,1-16H2. The summed E-state index contributed by atoms with van der Waals surface area (Å²) in [7, 11) is 0. The van der Waals surface area contributed by atoms with E-state index in [-0.39, 0.29) is 39.3 Å². The summed E-state index contributed by atoms with van der Waals surface area (Å²) in [6.45, 7) is -17.9. The highest BCUT2D eigenvalue weighted by Gasteiger charge is 2.70. The fourth-order valence-corrected chi connectivity index (χ4v) is 3.59. The molecule has 0 saturated heterocycles. The van der Waals surface area contributed by atoms with Crippen LogP contribution >= 0.6 is 0 Å². The van der Waals surface area contributed by atoms with E-state index in [0.717, 1.165) is 0 Å². The molecule has 0 fully saturated rings. The maximum atomic E-state index is 13.8. The molecule has 5 N–H and O–H groups in total. The molecule has 0 aromatic carbocycles. The monoisotopic (exact) mass is 1040 g/mol. The van der Waals surface area contributed by atoms with Crippen LogP contribution in [0.2, 0.25) is 0 Å². The van der Waals surface area contributed by atoms with Gasteiger partial charge in [-0.1, -0.05) is 0 Å². The number of hydrogen-bond donors (Lipinski definition) is 5. The van der Waals surface area contributed by atoms with Crippen molar-refractivity contribution in [3.8, 4) is 0 Å². The number of ether oxygens (including phenoxy) is 12. The lowest BCUT2D eigenvalue weighted by Crippen LogP contribution is -2.54. The number of alkyl halides is 20. The van der Waals surface area contributed by atoms with E-state index in [1.165, 1.54) is 0 Å². The van der Waals surface area contributed by atoms with Gasteiger partial charge < -0.3 is 54.0 Å². The smallest absolute Gasteiger partial charge is 0.396 e. The normalized spacial score (nSPS) is 16.0. The van der Waals surface area contributed by atoms with Crippen LogP contribution in [-0.2, 0) is 56.8 Å². The second-order valence-corrected chi connectivity index (χ2v) is 12.5.